The van der Waals surface area contributed by atoms with Crippen LogP contribution in [0.5, 0.6) is 5.75 Å². The Morgan fingerprint density at radius 1 is 1.25 bits per heavy atom. The summed E-state index contributed by atoms with van der Waals surface area (Å²) < 4.78 is 5.84. The monoisotopic (exact) mass is 241 g/mol. The van der Waals surface area contributed by atoms with Crippen LogP contribution in [-0.4, -0.2) is 13.2 Å². The molecule has 0 aromatic heterocycles. The number of hydrogen-bond acceptors (Lipinski definition) is 2. The standard InChI is InChI=1S/C13H19NO.ClH/c1-13(2,3)11-6-4-5-10-9-14-7-8-15-12(10)11;/h4-6,14H,7-9H2,1-3H3;1H. The van der Waals surface area contributed by atoms with Gasteiger partial charge in [0, 0.05) is 18.7 Å². The number of ether oxygens (including phenoxy) is 1. The minimum atomic E-state index is 0. The molecule has 1 heterocycles. The maximum Gasteiger partial charge on any atom is 0.127 e. The third-order valence-corrected chi connectivity index (χ3v) is 2.75. The van der Waals surface area contributed by atoms with Gasteiger partial charge in [-0.1, -0.05) is 39.0 Å². The van der Waals surface area contributed by atoms with Gasteiger partial charge in [-0.15, -0.1) is 12.4 Å². The van der Waals surface area contributed by atoms with Gasteiger partial charge < -0.3 is 10.1 Å². The topological polar surface area (TPSA) is 21.3 Å². The van der Waals surface area contributed by atoms with Gasteiger partial charge in [-0.25, -0.2) is 0 Å². The van der Waals surface area contributed by atoms with Crippen molar-refractivity contribution in [1.29, 1.82) is 0 Å². The van der Waals surface area contributed by atoms with Crippen molar-refractivity contribution in [2.24, 2.45) is 0 Å². The summed E-state index contributed by atoms with van der Waals surface area (Å²) in [5.74, 6) is 1.09. The van der Waals surface area contributed by atoms with Gasteiger partial charge in [-0.3, -0.25) is 0 Å². The zero-order valence-corrected chi connectivity index (χ0v) is 11.0. The van der Waals surface area contributed by atoms with E-state index in [0.717, 1.165) is 25.4 Å². The fraction of sp³-hybridized carbons (Fsp3) is 0.538. The van der Waals surface area contributed by atoms with Gasteiger partial charge in [-0.2, -0.15) is 0 Å². The van der Waals surface area contributed by atoms with Gasteiger partial charge in [-0.05, 0) is 11.0 Å². The highest BCUT2D eigenvalue weighted by atomic mass is 35.5. The van der Waals surface area contributed by atoms with Crippen LogP contribution in [0.4, 0.5) is 0 Å². The van der Waals surface area contributed by atoms with E-state index < -0.39 is 0 Å². The first-order chi connectivity index (χ1) is 7.09. The third-order valence-electron chi connectivity index (χ3n) is 2.75. The fourth-order valence-corrected chi connectivity index (χ4v) is 1.93. The van der Waals surface area contributed by atoms with E-state index in [2.05, 4.69) is 44.3 Å². The SMILES string of the molecule is CC(C)(C)c1cccc2c1OCCNC2.Cl. The molecule has 0 radical (unpaired) electrons. The lowest BCUT2D eigenvalue weighted by molar-refractivity contribution is 0.317. The smallest absolute Gasteiger partial charge is 0.127 e. The van der Waals surface area contributed by atoms with Crippen molar-refractivity contribution in [3.8, 4) is 5.75 Å². The van der Waals surface area contributed by atoms with Crippen LogP contribution >= 0.6 is 12.4 Å². The summed E-state index contributed by atoms with van der Waals surface area (Å²) in [7, 11) is 0. The Kier molecular flexibility index (Phi) is 4.22. The molecule has 0 saturated carbocycles. The van der Waals surface area contributed by atoms with Crippen molar-refractivity contribution in [2.75, 3.05) is 13.2 Å². The van der Waals surface area contributed by atoms with E-state index in [4.69, 9.17) is 4.74 Å². The molecular formula is C13H20ClNO. The quantitative estimate of drug-likeness (QED) is 0.754. The van der Waals surface area contributed by atoms with Crippen molar-refractivity contribution < 1.29 is 4.74 Å². The highest BCUT2D eigenvalue weighted by molar-refractivity contribution is 5.85. The molecule has 2 nitrogen and oxygen atoms in total. The van der Waals surface area contributed by atoms with Crippen molar-refractivity contribution >= 4 is 12.4 Å². The van der Waals surface area contributed by atoms with Gasteiger partial charge in [0.05, 0.1) is 0 Å². The second kappa shape index (κ2) is 5.07. The van der Waals surface area contributed by atoms with Gasteiger partial charge in [0.1, 0.15) is 12.4 Å². The number of halogens is 1. The summed E-state index contributed by atoms with van der Waals surface area (Å²) in [5.41, 5.74) is 2.74. The Bertz CT molecular complexity index is 357. The number of para-hydroxylation sites is 1. The van der Waals surface area contributed by atoms with Gasteiger partial charge in [0.25, 0.3) is 0 Å². The molecular weight excluding hydrogens is 222 g/mol. The average molecular weight is 242 g/mol. The Morgan fingerprint density at radius 2 is 2.00 bits per heavy atom. The van der Waals surface area contributed by atoms with Gasteiger partial charge in [0.2, 0.25) is 0 Å². The second-order valence-electron chi connectivity index (χ2n) is 5.07. The molecule has 0 spiro atoms. The molecule has 2 rings (SSSR count). The van der Waals surface area contributed by atoms with E-state index in [9.17, 15) is 0 Å². The lowest BCUT2D eigenvalue weighted by Crippen LogP contribution is -2.16. The maximum atomic E-state index is 5.84. The van der Waals surface area contributed by atoms with Crippen molar-refractivity contribution in [2.45, 2.75) is 32.7 Å². The summed E-state index contributed by atoms with van der Waals surface area (Å²) >= 11 is 0. The molecule has 1 aliphatic rings. The van der Waals surface area contributed by atoms with Crippen LogP contribution < -0.4 is 10.1 Å². The molecule has 3 heteroatoms. The average Bonchev–Trinajstić information content (AvgIpc) is 2.39. The molecule has 0 atom stereocenters. The number of benzene rings is 1. The van der Waals surface area contributed by atoms with Crippen LogP contribution in [0.15, 0.2) is 18.2 Å². The Balaban J connectivity index is 0.00000128. The number of fused-ring (bicyclic) bond motifs is 1. The van der Waals surface area contributed by atoms with Crippen LogP contribution in [0.1, 0.15) is 31.9 Å². The zero-order valence-electron chi connectivity index (χ0n) is 10.2. The van der Waals surface area contributed by atoms with E-state index in [1.54, 1.807) is 0 Å². The molecule has 1 aromatic rings. The third kappa shape index (κ3) is 2.69. The molecule has 0 fully saturated rings. The molecule has 16 heavy (non-hydrogen) atoms. The summed E-state index contributed by atoms with van der Waals surface area (Å²) in [6.45, 7) is 9.29. The molecule has 0 saturated heterocycles. The summed E-state index contributed by atoms with van der Waals surface area (Å²) in [4.78, 5) is 0. The normalized spacial score (nSPS) is 15.4. The lowest BCUT2D eigenvalue weighted by Gasteiger charge is -2.23. The van der Waals surface area contributed by atoms with E-state index in [0.29, 0.717) is 0 Å². The second-order valence-corrected chi connectivity index (χ2v) is 5.07. The van der Waals surface area contributed by atoms with E-state index in [1.165, 1.54) is 11.1 Å². The van der Waals surface area contributed by atoms with E-state index in [1.807, 2.05) is 0 Å². The first-order valence-corrected chi connectivity index (χ1v) is 5.55. The van der Waals surface area contributed by atoms with Crippen LogP contribution in [0, 0.1) is 0 Å². The first-order valence-electron chi connectivity index (χ1n) is 5.55. The Morgan fingerprint density at radius 3 is 2.69 bits per heavy atom. The summed E-state index contributed by atoms with van der Waals surface area (Å²) in [6.07, 6.45) is 0. The minimum Gasteiger partial charge on any atom is -0.492 e. The largest absolute Gasteiger partial charge is 0.492 e. The minimum absolute atomic E-state index is 0. The number of rotatable bonds is 0. The van der Waals surface area contributed by atoms with Gasteiger partial charge in [0.15, 0.2) is 0 Å². The molecule has 1 N–H and O–H groups in total. The number of nitrogens with one attached hydrogen (secondary N) is 1. The molecule has 90 valence electrons. The predicted molar refractivity (Wildman–Crippen MR) is 69.6 cm³/mol. The Hall–Kier alpha value is -0.730. The fourth-order valence-electron chi connectivity index (χ4n) is 1.93. The summed E-state index contributed by atoms with van der Waals surface area (Å²) in [6, 6.07) is 6.43. The van der Waals surface area contributed by atoms with E-state index >= 15 is 0 Å². The molecule has 0 amide bonds. The van der Waals surface area contributed by atoms with Crippen LogP contribution in [0.2, 0.25) is 0 Å². The predicted octanol–water partition coefficient (Wildman–Crippen LogP) is 2.89. The summed E-state index contributed by atoms with van der Waals surface area (Å²) in [5, 5.41) is 3.36. The van der Waals surface area contributed by atoms with Crippen LogP contribution in [0.3, 0.4) is 0 Å². The van der Waals surface area contributed by atoms with Crippen molar-refractivity contribution in [1.82, 2.24) is 5.32 Å². The van der Waals surface area contributed by atoms with Gasteiger partial charge >= 0.3 is 0 Å². The molecule has 0 aliphatic carbocycles. The van der Waals surface area contributed by atoms with Crippen molar-refractivity contribution in [3.05, 3.63) is 29.3 Å². The van der Waals surface area contributed by atoms with Crippen LogP contribution in [0.25, 0.3) is 0 Å². The Labute approximate surface area is 104 Å². The lowest BCUT2D eigenvalue weighted by atomic mass is 9.85. The number of hydrogen-bond donors (Lipinski definition) is 1. The van der Waals surface area contributed by atoms with Crippen LogP contribution in [-0.2, 0) is 12.0 Å². The highest BCUT2D eigenvalue weighted by Gasteiger charge is 2.21. The first kappa shape index (κ1) is 13.3. The molecule has 0 unspecified atom stereocenters. The molecule has 1 aromatic carbocycles. The van der Waals surface area contributed by atoms with E-state index in [-0.39, 0.29) is 17.8 Å². The molecule has 0 bridgehead atoms. The zero-order chi connectivity index (χ0) is 10.9. The highest BCUT2D eigenvalue weighted by Crippen LogP contribution is 2.34. The van der Waals surface area contributed by atoms with Crippen molar-refractivity contribution in [3.63, 3.8) is 0 Å². The molecule has 1 aliphatic heterocycles. The maximum absolute atomic E-state index is 5.84.